The monoisotopic (exact) mass is 296 g/mol. The predicted molar refractivity (Wildman–Crippen MR) is 86.1 cm³/mol. The average Bonchev–Trinajstić information content (AvgIpc) is 3.18. The molecule has 0 bridgehead atoms. The van der Waals surface area contributed by atoms with E-state index in [4.69, 9.17) is 11.6 Å². The van der Waals surface area contributed by atoms with Crippen molar-refractivity contribution in [3.05, 3.63) is 60.1 Å². The summed E-state index contributed by atoms with van der Waals surface area (Å²) in [6.45, 7) is 0.765. The number of anilines is 2. The molecule has 0 atom stereocenters. The minimum absolute atomic E-state index is 0.724. The molecule has 4 nitrogen and oxygen atoms in total. The van der Waals surface area contributed by atoms with E-state index in [1.165, 1.54) is 0 Å². The van der Waals surface area contributed by atoms with Crippen molar-refractivity contribution in [2.75, 3.05) is 17.3 Å². The van der Waals surface area contributed by atoms with E-state index < -0.39 is 0 Å². The van der Waals surface area contributed by atoms with Crippen molar-refractivity contribution >= 4 is 23.0 Å². The Kier molecular flexibility index (Phi) is 2.82. The number of halogens is 1. The molecule has 0 radical (unpaired) electrons. The quantitative estimate of drug-likeness (QED) is 0.751. The van der Waals surface area contributed by atoms with E-state index >= 15 is 0 Å². The SMILES string of the molecule is Clc1c(-c2ccc3c(c2)NCN3)cccc1-n1ccnc1. The normalized spacial score (nSPS) is 12.6. The summed E-state index contributed by atoms with van der Waals surface area (Å²) in [5, 5.41) is 7.30. The molecule has 0 saturated heterocycles. The molecule has 0 aliphatic carbocycles. The molecule has 2 aromatic carbocycles. The Morgan fingerprint density at radius 3 is 2.86 bits per heavy atom. The number of rotatable bonds is 2. The van der Waals surface area contributed by atoms with Gasteiger partial charge in [-0.05, 0) is 23.8 Å². The van der Waals surface area contributed by atoms with Crippen molar-refractivity contribution in [1.82, 2.24) is 9.55 Å². The summed E-state index contributed by atoms with van der Waals surface area (Å²) in [5.41, 5.74) is 5.27. The average molecular weight is 297 g/mol. The van der Waals surface area contributed by atoms with Crippen LogP contribution in [-0.2, 0) is 0 Å². The second-order valence-electron chi connectivity index (χ2n) is 4.90. The maximum atomic E-state index is 6.60. The molecule has 1 aromatic heterocycles. The topological polar surface area (TPSA) is 41.9 Å². The number of hydrogen-bond acceptors (Lipinski definition) is 3. The van der Waals surface area contributed by atoms with Gasteiger partial charge in [0.1, 0.15) is 0 Å². The number of fused-ring (bicyclic) bond motifs is 1. The van der Waals surface area contributed by atoms with Gasteiger partial charge in [-0.2, -0.15) is 0 Å². The van der Waals surface area contributed by atoms with Gasteiger partial charge in [-0.3, -0.25) is 0 Å². The van der Waals surface area contributed by atoms with Gasteiger partial charge in [0.15, 0.2) is 0 Å². The maximum Gasteiger partial charge on any atom is 0.0992 e. The first kappa shape index (κ1) is 12.3. The fraction of sp³-hybridized carbons (Fsp3) is 0.0625. The first-order valence-corrected chi connectivity index (χ1v) is 7.10. The number of imidazole rings is 1. The second kappa shape index (κ2) is 4.82. The second-order valence-corrected chi connectivity index (χ2v) is 5.28. The zero-order chi connectivity index (χ0) is 14.2. The third-order valence-corrected chi connectivity index (χ3v) is 4.05. The zero-order valence-corrected chi connectivity index (χ0v) is 11.9. The van der Waals surface area contributed by atoms with Crippen molar-refractivity contribution in [2.24, 2.45) is 0 Å². The van der Waals surface area contributed by atoms with E-state index in [1.807, 2.05) is 29.0 Å². The van der Waals surface area contributed by atoms with Gasteiger partial charge in [0, 0.05) is 18.0 Å². The van der Waals surface area contributed by atoms with Gasteiger partial charge in [0.25, 0.3) is 0 Å². The Balaban J connectivity index is 1.84. The molecule has 0 spiro atoms. The first-order valence-electron chi connectivity index (χ1n) is 6.72. The Morgan fingerprint density at radius 1 is 1.10 bits per heavy atom. The van der Waals surface area contributed by atoms with Gasteiger partial charge in [-0.1, -0.05) is 29.8 Å². The Hall–Kier alpha value is -2.46. The van der Waals surface area contributed by atoms with E-state index in [-0.39, 0.29) is 0 Å². The van der Waals surface area contributed by atoms with Crippen molar-refractivity contribution in [2.45, 2.75) is 0 Å². The van der Waals surface area contributed by atoms with Crippen LogP contribution < -0.4 is 10.6 Å². The summed E-state index contributed by atoms with van der Waals surface area (Å²) in [6.07, 6.45) is 5.38. The highest BCUT2D eigenvalue weighted by Gasteiger charge is 2.13. The van der Waals surface area contributed by atoms with Gasteiger partial charge in [-0.25, -0.2) is 4.98 Å². The molecule has 21 heavy (non-hydrogen) atoms. The molecule has 4 rings (SSSR count). The largest absolute Gasteiger partial charge is 0.366 e. The minimum Gasteiger partial charge on any atom is -0.366 e. The molecule has 1 aliphatic rings. The standard InChI is InChI=1S/C16H13ClN4/c17-16-12(2-1-3-15(16)21-7-6-18-10-21)11-4-5-13-14(8-11)20-9-19-13/h1-8,10,19-20H,9H2. The number of nitrogens with zero attached hydrogens (tertiary/aromatic N) is 2. The van der Waals surface area contributed by atoms with Gasteiger partial charge in [-0.15, -0.1) is 0 Å². The van der Waals surface area contributed by atoms with E-state index in [1.54, 1.807) is 12.5 Å². The van der Waals surface area contributed by atoms with Crippen LogP contribution >= 0.6 is 11.6 Å². The molecular weight excluding hydrogens is 284 g/mol. The van der Waals surface area contributed by atoms with E-state index in [0.717, 1.165) is 39.9 Å². The lowest BCUT2D eigenvalue weighted by Crippen LogP contribution is -1.98. The molecule has 2 heterocycles. The van der Waals surface area contributed by atoms with Gasteiger partial charge >= 0.3 is 0 Å². The Bertz CT molecular complexity index is 796. The van der Waals surface area contributed by atoms with Crippen molar-refractivity contribution < 1.29 is 0 Å². The van der Waals surface area contributed by atoms with Crippen LogP contribution in [0.25, 0.3) is 16.8 Å². The van der Waals surface area contributed by atoms with Crippen LogP contribution in [0.5, 0.6) is 0 Å². The van der Waals surface area contributed by atoms with Gasteiger partial charge < -0.3 is 15.2 Å². The van der Waals surface area contributed by atoms with Crippen LogP contribution in [0.2, 0.25) is 5.02 Å². The third-order valence-electron chi connectivity index (χ3n) is 3.65. The third kappa shape index (κ3) is 2.04. The highest BCUT2D eigenvalue weighted by molar-refractivity contribution is 6.35. The lowest BCUT2D eigenvalue weighted by atomic mass is 10.0. The lowest BCUT2D eigenvalue weighted by molar-refractivity contribution is 1.06. The van der Waals surface area contributed by atoms with Gasteiger partial charge in [0.2, 0.25) is 0 Å². The summed E-state index contributed by atoms with van der Waals surface area (Å²) in [5.74, 6) is 0. The van der Waals surface area contributed by atoms with Gasteiger partial charge in [0.05, 0.1) is 35.1 Å². The molecular formula is C16H13ClN4. The van der Waals surface area contributed by atoms with Crippen LogP contribution in [0, 0.1) is 0 Å². The van der Waals surface area contributed by atoms with E-state index in [0.29, 0.717) is 0 Å². The summed E-state index contributed by atoms with van der Waals surface area (Å²) in [7, 11) is 0. The summed E-state index contributed by atoms with van der Waals surface area (Å²) in [4.78, 5) is 4.08. The number of benzene rings is 2. The van der Waals surface area contributed by atoms with Crippen LogP contribution in [0.1, 0.15) is 0 Å². The lowest BCUT2D eigenvalue weighted by Gasteiger charge is -2.11. The van der Waals surface area contributed by atoms with E-state index in [9.17, 15) is 0 Å². The van der Waals surface area contributed by atoms with Crippen LogP contribution in [0.3, 0.4) is 0 Å². The molecule has 0 fully saturated rings. The number of aromatic nitrogens is 2. The van der Waals surface area contributed by atoms with Crippen molar-refractivity contribution in [1.29, 1.82) is 0 Å². The summed E-state index contributed by atoms with van der Waals surface area (Å²) in [6, 6.07) is 12.3. The highest BCUT2D eigenvalue weighted by Crippen LogP contribution is 2.36. The number of nitrogens with one attached hydrogen (secondary N) is 2. The van der Waals surface area contributed by atoms with E-state index in [2.05, 4.69) is 33.8 Å². The zero-order valence-electron chi connectivity index (χ0n) is 11.2. The molecule has 0 amide bonds. The molecule has 0 unspecified atom stereocenters. The fourth-order valence-corrected chi connectivity index (χ4v) is 2.92. The first-order chi connectivity index (χ1) is 10.3. The smallest absolute Gasteiger partial charge is 0.0992 e. The molecule has 2 N–H and O–H groups in total. The summed E-state index contributed by atoms with van der Waals surface area (Å²) < 4.78 is 1.92. The van der Waals surface area contributed by atoms with Crippen molar-refractivity contribution in [3.63, 3.8) is 0 Å². The highest BCUT2D eigenvalue weighted by atomic mass is 35.5. The van der Waals surface area contributed by atoms with Crippen LogP contribution in [-0.4, -0.2) is 16.2 Å². The molecule has 3 aromatic rings. The Labute approximate surface area is 127 Å². The summed E-state index contributed by atoms with van der Waals surface area (Å²) >= 11 is 6.60. The molecule has 5 heteroatoms. The maximum absolute atomic E-state index is 6.60. The molecule has 1 aliphatic heterocycles. The van der Waals surface area contributed by atoms with Crippen LogP contribution in [0.15, 0.2) is 55.1 Å². The molecule has 0 saturated carbocycles. The van der Waals surface area contributed by atoms with Crippen molar-refractivity contribution in [3.8, 4) is 16.8 Å². The Morgan fingerprint density at radius 2 is 2.00 bits per heavy atom. The predicted octanol–water partition coefficient (Wildman–Crippen LogP) is 3.99. The molecule has 104 valence electrons. The minimum atomic E-state index is 0.724. The fourth-order valence-electron chi connectivity index (χ4n) is 2.59. The van der Waals surface area contributed by atoms with Crippen LogP contribution in [0.4, 0.5) is 11.4 Å². The number of hydrogen-bond donors (Lipinski definition) is 2.